The van der Waals surface area contributed by atoms with Gasteiger partial charge in [-0.25, -0.2) is 0 Å². The molecule has 2 unspecified atom stereocenters. The zero-order valence-corrected chi connectivity index (χ0v) is 13.7. The topological polar surface area (TPSA) is 58.6 Å². The predicted octanol–water partition coefficient (Wildman–Crippen LogP) is 3.39. The van der Waals surface area contributed by atoms with Gasteiger partial charge in [-0.05, 0) is 51.0 Å². The Morgan fingerprint density at radius 2 is 2.22 bits per heavy atom. The first kappa shape index (κ1) is 15.9. The molecule has 0 spiro atoms. The monoisotopic (exact) mass is 316 g/mol. The third-order valence-corrected chi connectivity index (χ3v) is 4.56. The standard InChI is InChI=1S/C18H24N2O3/c1-13(2)19-9-4-7-15(19)18(22)20-10-3-6-14(20)12-16(21)17-8-5-11-23-17/h4-5,7-9,11,13-14,16,21H,3,6,10,12H2,1-2H3. The van der Waals surface area contributed by atoms with Crippen molar-refractivity contribution in [3.05, 3.63) is 48.2 Å². The Hall–Kier alpha value is -2.01. The van der Waals surface area contributed by atoms with E-state index in [2.05, 4.69) is 13.8 Å². The molecule has 1 aliphatic rings. The number of carbonyl (C=O) groups excluding carboxylic acids is 1. The highest BCUT2D eigenvalue weighted by atomic mass is 16.4. The van der Waals surface area contributed by atoms with E-state index >= 15 is 0 Å². The van der Waals surface area contributed by atoms with Crippen LogP contribution in [0.25, 0.3) is 0 Å². The van der Waals surface area contributed by atoms with Crippen molar-refractivity contribution in [2.24, 2.45) is 0 Å². The van der Waals surface area contributed by atoms with E-state index in [4.69, 9.17) is 4.42 Å². The number of amides is 1. The molecule has 5 nitrogen and oxygen atoms in total. The lowest BCUT2D eigenvalue weighted by atomic mass is 10.0. The van der Waals surface area contributed by atoms with Crippen molar-refractivity contribution in [2.75, 3.05) is 6.54 Å². The summed E-state index contributed by atoms with van der Waals surface area (Å²) in [7, 11) is 0. The lowest BCUT2D eigenvalue weighted by Crippen LogP contribution is -2.37. The molecule has 2 aromatic heterocycles. The number of likely N-dealkylation sites (tertiary alicyclic amines) is 1. The number of furan rings is 1. The van der Waals surface area contributed by atoms with Crippen LogP contribution >= 0.6 is 0 Å². The van der Waals surface area contributed by atoms with Crippen molar-refractivity contribution in [2.45, 2.75) is 51.3 Å². The number of hydrogen-bond acceptors (Lipinski definition) is 3. The highest BCUT2D eigenvalue weighted by Crippen LogP contribution is 2.29. The molecule has 0 aliphatic carbocycles. The van der Waals surface area contributed by atoms with Gasteiger partial charge < -0.3 is 19.0 Å². The molecule has 1 amide bonds. The SMILES string of the molecule is CC(C)n1cccc1C(=O)N1CCCC1CC(O)c1ccco1. The molecule has 2 aromatic rings. The van der Waals surface area contributed by atoms with Crippen LogP contribution in [-0.2, 0) is 0 Å². The molecular formula is C18H24N2O3. The van der Waals surface area contributed by atoms with Gasteiger partial charge in [0.15, 0.2) is 0 Å². The minimum atomic E-state index is -0.666. The summed E-state index contributed by atoms with van der Waals surface area (Å²) < 4.78 is 7.27. The third-order valence-electron chi connectivity index (χ3n) is 4.56. The quantitative estimate of drug-likeness (QED) is 0.920. The molecule has 124 valence electrons. The number of aliphatic hydroxyl groups excluding tert-OH is 1. The van der Waals surface area contributed by atoms with Gasteiger partial charge in [-0.15, -0.1) is 0 Å². The summed E-state index contributed by atoms with van der Waals surface area (Å²) in [5, 5.41) is 10.3. The van der Waals surface area contributed by atoms with E-state index in [0.717, 1.165) is 25.1 Å². The van der Waals surface area contributed by atoms with Crippen molar-refractivity contribution in [3.8, 4) is 0 Å². The van der Waals surface area contributed by atoms with E-state index in [1.54, 1.807) is 18.4 Å². The van der Waals surface area contributed by atoms with E-state index in [-0.39, 0.29) is 18.0 Å². The Kier molecular flexibility index (Phi) is 4.57. The maximum absolute atomic E-state index is 12.9. The van der Waals surface area contributed by atoms with Crippen LogP contribution in [0.3, 0.4) is 0 Å². The molecule has 3 rings (SSSR count). The van der Waals surface area contributed by atoms with E-state index in [0.29, 0.717) is 12.2 Å². The van der Waals surface area contributed by atoms with Gasteiger partial charge in [0.2, 0.25) is 0 Å². The lowest BCUT2D eigenvalue weighted by molar-refractivity contribution is 0.0630. The highest BCUT2D eigenvalue weighted by molar-refractivity contribution is 5.93. The van der Waals surface area contributed by atoms with Crippen molar-refractivity contribution in [1.82, 2.24) is 9.47 Å². The summed E-state index contributed by atoms with van der Waals surface area (Å²) in [6, 6.07) is 7.63. The number of carbonyl (C=O) groups is 1. The van der Waals surface area contributed by atoms with Crippen LogP contribution in [0.1, 0.15) is 61.5 Å². The molecule has 0 bridgehead atoms. The zero-order chi connectivity index (χ0) is 16.4. The Balaban J connectivity index is 1.73. The van der Waals surface area contributed by atoms with Gasteiger partial charge >= 0.3 is 0 Å². The van der Waals surface area contributed by atoms with Crippen LogP contribution in [0, 0.1) is 0 Å². The molecular weight excluding hydrogens is 292 g/mol. The van der Waals surface area contributed by atoms with Crippen LogP contribution in [0.15, 0.2) is 41.1 Å². The molecule has 23 heavy (non-hydrogen) atoms. The molecule has 1 N–H and O–H groups in total. The van der Waals surface area contributed by atoms with Gasteiger partial charge in [-0.3, -0.25) is 4.79 Å². The highest BCUT2D eigenvalue weighted by Gasteiger charge is 2.33. The van der Waals surface area contributed by atoms with Gasteiger partial charge in [0.25, 0.3) is 5.91 Å². The predicted molar refractivity (Wildman–Crippen MR) is 87.2 cm³/mol. The van der Waals surface area contributed by atoms with E-state index in [1.807, 2.05) is 27.8 Å². The third kappa shape index (κ3) is 3.20. The summed E-state index contributed by atoms with van der Waals surface area (Å²) in [5.74, 6) is 0.618. The molecule has 0 radical (unpaired) electrons. The van der Waals surface area contributed by atoms with Crippen molar-refractivity contribution >= 4 is 5.91 Å². The zero-order valence-electron chi connectivity index (χ0n) is 13.7. The summed E-state index contributed by atoms with van der Waals surface area (Å²) >= 11 is 0. The average Bonchev–Trinajstić information content (AvgIpc) is 3.26. The van der Waals surface area contributed by atoms with Crippen LogP contribution in [0.5, 0.6) is 0 Å². The Morgan fingerprint density at radius 1 is 1.39 bits per heavy atom. The summed E-state index contributed by atoms with van der Waals surface area (Å²) in [6.45, 7) is 4.88. The van der Waals surface area contributed by atoms with Crippen LogP contribution in [-0.4, -0.2) is 33.1 Å². The minimum Gasteiger partial charge on any atom is -0.467 e. The second kappa shape index (κ2) is 6.62. The fourth-order valence-corrected chi connectivity index (χ4v) is 3.38. The first-order chi connectivity index (χ1) is 11.1. The maximum atomic E-state index is 12.9. The lowest BCUT2D eigenvalue weighted by Gasteiger charge is -2.27. The summed E-state index contributed by atoms with van der Waals surface area (Å²) in [5.41, 5.74) is 0.722. The van der Waals surface area contributed by atoms with Crippen LogP contribution < -0.4 is 0 Å². The number of hydrogen-bond donors (Lipinski definition) is 1. The Labute approximate surface area is 136 Å². The van der Waals surface area contributed by atoms with Gasteiger partial charge in [0, 0.05) is 31.2 Å². The van der Waals surface area contributed by atoms with Gasteiger partial charge in [0.1, 0.15) is 17.6 Å². The van der Waals surface area contributed by atoms with Gasteiger partial charge in [-0.2, -0.15) is 0 Å². The molecule has 1 fully saturated rings. The molecule has 3 heterocycles. The van der Waals surface area contributed by atoms with Gasteiger partial charge in [-0.1, -0.05) is 0 Å². The number of aliphatic hydroxyl groups is 1. The maximum Gasteiger partial charge on any atom is 0.270 e. The van der Waals surface area contributed by atoms with E-state index < -0.39 is 6.10 Å². The number of aromatic nitrogens is 1. The van der Waals surface area contributed by atoms with Crippen molar-refractivity contribution < 1.29 is 14.3 Å². The minimum absolute atomic E-state index is 0.0536. The second-order valence-corrected chi connectivity index (χ2v) is 6.46. The second-order valence-electron chi connectivity index (χ2n) is 6.46. The molecule has 0 aromatic carbocycles. The van der Waals surface area contributed by atoms with Gasteiger partial charge in [0.05, 0.1) is 6.26 Å². The summed E-state index contributed by atoms with van der Waals surface area (Å²) in [6.07, 6.45) is 5.25. The molecule has 2 atom stereocenters. The van der Waals surface area contributed by atoms with E-state index in [1.165, 1.54) is 0 Å². The smallest absolute Gasteiger partial charge is 0.270 e. The number of rotatable bonds is 5. The largest absolute Gasteiger partial charge is 0.467 e. The first-order valence-electron chi connectivity index (χ1n) is 8.27. The number of nitrogens with zero attached hydrogens (tertiary/aromatic N) is 2. The van der Waals surface area contributed by atoms with E-state index in [9.17, 15) is 9.90 Å². The average molecular weight is 316 g/mol. The summed E-state index contributed by atoms with van der Waals surface area (Å²) in [4.78, 5) is 14.8. The Bertz CT molecular complexity index is 645. The van der Waals surface area contributed by atoms with Crippen molar-refractivity contribution in [3.63, 3.8) is 0 Å². The molecule has 0 saturated carbocycles. The fourth-order valence-electron chi connectivity index (χ4n) is 3.38. The molecule has 5 heteroatoms. The van der Waals surface area contributed by atoms with Crippen LogP contribution in [0.4, 0.5) is 0 Å². The first-order valence-corrected chi connectivity index (χ1v) is 8.27. The molecule has 1 saturated heterocycles. The normalized spacial score (nSPS) is 19.5. The van der Waals surface area contributed by atoms with Crippen molar-refractivity contribution in [1.29, 1.82) is 0 Å². The molecule has 1 aliphatic heterocycles. The fraction of sp³-hybridized carbons (Fsp3) is 0.500. The van der Waals surface area contributed by atoms with Crippen LogP contribution in [0.2, 0.25) is 0 Å². The Morgan fingerprint density at radius 3 is 2.91 bits per heavy atom.